The van der Waals surface area contributed by atoms with Crippen molar-refractivity contribution in [1.82, 2.24) is 4.90 Å². The minimum Gasteiger partial charge on any atom is -0.508 e. The second kappa shape index (κ2) is 5.36. The lowest BCUT2D eigenvalue weighted by molar-refractivity contribution is 0.183. The first kappa shape index (κ1) is 13.9. The van der Waals surface area contributed by atoms with Crippen LogP contribution < -0.4 is 0 Å². The van der Waals surface area contributed by atoms with E-state index in [1.807, 2.05) is 0 Å². The maximum absolute atomic E-state index is 9.47. The van der Waals surface area contributed by atoms with Crippen LogP contribution in [0.25, 0.3) is 0 Å². The van der Waals surface area contributed by atoms with Gasteiger partial charge in [-0.1, -0.05) is 23.2 Å². The lowest BCUT2D eigenvalue weighted by Crippen LogP contribution is -2.40. The van der Waals surface area contributed by atoms with Gasteiger partial charge in [0.1, 0.15) is 5.75 Å². The number of aromatic hydroxyl groups is 1. The SMILES string of the molecule is CN1C2CCC1CC(Sc1c(Cl)cc(O)cc1Cl)C2. The molecule has 5 heteroatoms. The van der Waals surface area contributed by atoms with Crippen LogP contribution in [-0.2, 0) is 0 Å². The van der Waals surface area contributed by atoms with Crippen molar-refractivity contribution >= 4 is 35.0 Å². The largest absolute Gasteiger partial charge is 0.508 e. The predicted octanol–water partition coefficient (Wildman–Crippen LogP) is 4.42. The number of halogens is 2. The Morgan fingerprint density at radius 3 is 2.21 bits per heavy atom. The molecule has 2 bridgehead atoms. The molecule has 2 aliphatic rings. The van der Waals surface area contributed by atoms with Crippen molar-refractivity contribution in [2.45, 2.75) is 47.9 Å². The van der Waals surface area contributed by atoms with Gasteiger partial charge in [0.15, 0.2) is 0 Å². The zero-order valence-corrected chi connectivity index (χ0v) is 13.1. The van der Waals surface area contributed by atoms with Crippen LogP contribution in [0.15, 0.2) is 17.0 Å². The third kappa shape index (κ3) is 2.71. The molecule has 2 heterocycles. The molecule has 2 saturated heterocycles. The van der Waals surface area contributed by atoms with Gasteiger partial charge in [0.25, 0.3) is 0 Å². The van der Waals surface area contributed by atoms with Gasteiger partial charge in [-0.15, -0.1) is 11.8 Å². The molecule has 3 rings (SSSR count). The lowest BCUT2D eigenvalue weighted by atomic mass is 10.0. The topological polar surface area (TPSA) is 23.5 Å². The molecule has 19 heavy (non-hydrogen) atoms. The zero-order valence-electron chi connectivity index (χ0n) is 10.8. The zero-order chi connectivity index (χ0) is 13.6. The molecule has 0 aromatic heterocycles. The first-order valence-corrected chi connectivity index (χ1v) is 8.24. The van der Waals surface area contributed by atoms with Crippen LogP contribution in [-0.4, -0.2) is 34.4 Å². The molecule has 2 atom stereocenters. The number of piperidine rings is 1. The molecule has 1 aromatic carbocycles. The van der Waals surface area contributed by atoms with E-state index >= 15 is 0 Å². The van der Waals surface area contributed by atoms with Gasteiger partial charge in [-0.05, 0) is 44.9 Å². The van der Waals surface area contributed by atoms with E-state index < -0.39 is 0 Å². The number of hydrogen-bond donors (Lipinski definition) is 1. The molecule has 0 amide bonds. The van der Waals surface area contributed by atoms with Gasteiger partial charge in [0.2, 0.25) is 0 Å². The Bertz CT molecular complexity index is 459. The van der Waals surface area contributed by atoms with E-state index in [-0.39, 0.29) is 5.75 Å². The van der Waals surface area contributed by atoms with Gasteiger partial charge in [-0.2, -0.15) is 0 Å². The summed E-state index contributed by atoms with van der Waals surface area (Å²) in [4.78, 5) is 3.44. The molecular formula is C14H17Cl2NOS. The quantitative estimate of drug-likeness (QED) is 0.873. The lowest BCUT2D eigenvalue weighted by Gasteiger charge is -2.36. The molecule has 0 aliphatic carbocycles. The Morgan fingerprint density at radius 1 is 1.16 bits per heavy atom. The molecular weight excluding hydrogens is 301 g/mol. The number of benzene rings is 1. The van der Waals surface area contributed by atoms with Gasteiger partial charge in [-0.25, -0.2) is 0 Å². The van der Waals surface area contributed by atoms with Crippen LogP contribution in [0.1, 0.15) is 25.7 Å². The highest BCUT2D eigenvalue weighted by atomic mass is 35.5. The average molecular weight is 318 g/mol. The van der Waals surface area contributed by atoms with Crippen molar-refractivity contribution in [3.63, 3.8) is 0 Å². The number of thioether (sulfide) groups is 1. The van der Waals surface area contributed by atoms with Gasteiger partial charge in [-0.3, -0.25) is 0 Å². The summed E-state index contributed by atoms with van der Waals surface area (Å²) in [6.45, 7) is 0. The average Bonchev–Trinajstić information content (AvgIpc) is 2.58. The van der Waals surface area contributed by atoms with Crippen LogP contribution in [0.5, 0.6) is 5.75 Å². The van der Waals surface area contributed by atoms with Crippen LogP contribution in [0.4, 0.5) is 0 Å². The van der Waals surface area contributed by atoms with Crippen molar-refractivity contribution < 1.29 is 5.11 Å². The van der Waals surface area contributed by atoms with E-state index in [4.69, 9.17) is 23.2 Å². The molecule has 2 nitrogen and oxygen atoms in total. The van der Waals surface area contributed by atoms with Crippen LogP contribution in [0.2, 0.25) is 10.0 Å². The van der Waals surface area contributed by atoms with Gasteiger partial charge in [0.05, 0.1) is 10.0 Å². The summed E-state index contributed by atoms with van der Waals surface area (Å²) in [7, 11) is 2.24. The van der Waals surface area contributed by atoms with Gasteiger partial charge < -0.3 is 10.0 Å². The summed E-state index contributed by atoms with van der Waals surface area (Å²) in [5.74, 6) is 0.128. The molecule has 0 spiro atoms. The van der Waals surface area contributed by atoms with Crippen LogP contribution in [0, 0.1) is 0 Å². The highest BCUT2D eigenvalue weighted by Gasteiger charge is 2.38. The third-order valence-corrected chi connectivity index (χ3v) is 6.54. The van der Waals surface area contributed by atoms with Gasteiger partial charge >= 0.3 is 0 Å². The number of fused-ring (bicyclic) bond motifs is 2. The minimum atomic E-state index is 0.128. The highest BCUT2D eigenvalue weighted by Crippen LogP contribution is 2.45. The molecule has 2 unspecified atom stereocenters. The van der Waals surface area contributed by atoms with E-state index in [9.17, 15) is 5.11 Å². The Hall–Kier alpha value is -0.0900. The molecule has 2 fully saturated rings. The molecule has 2 aliphatic heterocycles. The second-order valence-corrected chi connectivity index (χ2v) is 7.63. The van der Waals surface area contributed by atoms with E-state index in [1.165, 1.54) is 25.7 Å². The summed E-state index contributed by atoms with van der Waals surface area (Å²) in [5.41, 5.74) is 0. The number of hydrogen-bond acceptors (Lipinski definition) is 3. The summed E-state index contributed by atoms with van der Waals surface area (Å²) < 4.78 is 0. The predicted molar refractivity (Wildman–Crippen MR) is 81.6 cm³/mol. The van der Waals surface area contributed by atoms with Crippen LogP contribution >= 0.6 is 35.0 Å². The third-order valence-electron chi connectivity index (χ3n) is 4.32. The Morgan fingerprint density at radius 2 is 1.68 bits per heavy atom. The standard InChI is InChI=1S/C14H17Cl2NOS/c1-17-8-2-3-9(17)5-11(4-8)19-14-12(15)6-10(18)7-13(14)16/h6-9,11,18H,2-5H2,1H3. The summed E-state index contributed by atoms with van der Waals surface area (Å²) >= 11 is 14.2. The van der Waals surface area contributed by atoms with Crippen molar-refractivity contribution in [2.75, 3.05) is 7.05 Å². The fourth-order valence-corrected chi connectivity index (χ4v) is 5.34. The van der Waals surface area contributed by atoms with Crippen molar-refractivity contribution in [3.8, 4) is 5.75 Å². The van der Waals surface area contributed by atoms with Gasteiger partial charge in [0, 0.05) is 22.2 Å². The molecule has 1 N–H and O–H groups in total. The van der Waals surface area contributed by atoms with E-state index in [0.29, 0.717) is 27.4 Å². The second-order valence-electron chi connectivity index (χ2n) is 5.50. The Labute approximate surface area is 128 Å². The van der Waals surface area contributed by atoms with E-state index in [0.717, 1.165) is 4.90 Å². The smallest absolute Gasteiger partial charge is 0.118 e. The highest BCUT2D eigenvalue weighted by molar-refractivity contribution is 8.00. The summed E-state index contributed by atoms with van der Waals surface area (Å²) in [6, 6.07) is 4.57. The normalized spacial score (nSPS) is 30.8. The van der Waals surface area contributed by atoms with E-state index in [1.54, 1.807) is 23.9 Å². The Balaban J connectivity index is 1.76. The summed E-state index contributed by atoms with van der Waals surface area (Å²) in [6.07, 6.45) is 5.03. The molecule has 1 aromatic rings. The first-order chi connectivity index (χ1) is 9.04. The fourth-order valence-electron chi connectivity index (χ4n) is 3.28. The number of phenols is 1. The maximum Gasteiger partial charge on any atom is 0.118 e. The number of nitrogens with zero attached hydrogens (tertiary/aromatic N) is 1. The van der Waals surface area contributed by atoms with Crippen molar-refractivity contribution in [3.05, 3.63) is 22.2 Å². The first-order valence-electron chi connectivity index (χ1n) is 6.61. The summed E-state index contributed by atoms with van der Waals surface area (Å²) in [5, 5.41) is 11.2. The maximum atomic E-state index is 9.47. The monoisotopic (exact) mass is 317 g/mol. The minimum absolute atomic E-state index is 0.128. The Kier molecular flexibility index (Phi) is 3.91. The molecule has 0 saturated carbocycles. The number of phenolic OH excluding ortho intramolecular Hbond substituents is 1. The van der Waals surface area contributed by atoms with Crippen molar-refractivity contribution in [2.24, 2.45) is 0 Å². The fraction of sp³-hybridized carbons (Fsp3) is 0.571. The number of rotatable bonds is 2. The van der Waals surface area contributed by atoms with E-state index in [2.05, 4.69) is 11.9 Å². The molecule has 0 radical (unpaired) electrons. The van der Waals surface area contributed by atoms with Crippen LogP contribution in [0.3, 0.4) is 0 Å². The molecule has 104 valence electrons. The van der Waals surface area contributed by atoms with Crippen molar-refractivity contribution in [1.29, 1.82) is 0 Å².